The van der Waals surface area contributed by atoms with E-state index in [1.807, 2.05) is 13.8 Å². The highest BCUT2D eigenvalue weighted by Crippen LogP contribution is 2.21. The summed E-state index contributed by atoms with van der Waals surface area (Å²) in [4.78, 5) is 12.1. The fourth-order valence-electron chi connectivity index (χ4n) is 2.24. The summed E-state index contributed by atoms with van der Waals surface area (Å²) in [5, 5.41) is 0. The van der Waals surface area contributed by atoms with Crippen LogP contribution in [-0.2, 0) is 14.3 Å². The van der Waals surface area contributed by atoms with Gasteiger partial charge in [0.2, 0.25) is 0 Å². The van der Waals surface area contributed by atoms with E-state index in [9.17, 15) is 4.79 Å². The molecule has 3 nitrogen and oxygen atoms in total. The predicted molar refractivity (Wildman–Crippen MR) is 96.6 cm³/mol. The van der Waals surface area contributed by atoms with E-state index in [4.69, 9.17) is 9.47 Å². The maximum absolute atomic E-state index is 12.1. The van der Waals surface area contributed by atoms with E-state index in [0.29, 0.717) is 13.2 Å². The number of rotatable bonds is 12. The van der Waals surface area contributed by atoms with Crippen LogP contribution in [0.15, 0.2) is 0 Å². The van der Waals surface area contributed by atoms with E-state index in [1.54, 1.807) is 0 Å². The van der Waals surface area contributed by atoms with Gasteiger partial charge in [-0.1, -0.05) is 40.5 Å². The summed E-state index contributed by atoms with van der Waals surface area (Å²) in [7, 11) is 0. The molecule has 0 saturated heterocycles. The average molecular weight is 333 g/mol. The fraction of sp³-hybridized carbons (Fsp3) is 0.944. The largest absolute Gasteiger partial charge is 0.465 e. The Hall–Kier alpha value is -0.220. The molecular formula is C18H36O3S. The van der Waals surface area contributed by atoms with Crippen LogP contribution in [0.3, 0.4) is 0 Å². The van der Waals surface area contributed by atoms with Crippen molar-refractivity contribution in [2.24, 2.45) is 5.92 Å². The average Bonchev–Trinajstić information content (AvgIpc) is 2.36. The second-order valence-corrected chi connectivity index (χ2v) is 8.57. The standard InChI is InChI=1S/C18H36O3S/c1-7-9-15(10-8-2)16(19)20-13-11-17(3,4)21-14-12-18(5,6)22/h15,22H,7-14H2,1-6H3. The molecule has 132 valence electrons. The van der Waals surface area contributed by atoms with Gasteiger partial charge < -0.3 is 9.47 Å². The fourth-order valence-corrected chi connectivity index (χ4v) is 2.33. The zero-order valence-electron chi connectivity index (χ0n) is 15.4. The minimum absolute atomic E-state index is 0.0178. The van der Waals surface area contributed by atoms with Crippen LogP contribution in [0.5, 0.6) is 0 Å². The zero-order chi connectivity index (χ0) is 17.2. The Morgan fingerprint density at radius 1 is 1.00 bits per heavy atom. The molecule has 0 aromatic carbocycles. The van der Waals surface area contributed by atoms with Crippen molar-refractivity contribution in [3.63, 3.8) is 0 Å². The number of hydrogen-bond acceptors (Lipinski definition) is 4. The Labute approximate surface area is 142 Å². The molecule has 0 atom stereocenters. The van der Waals surface area contributed by atoms with Crippen LogP contribution < -0.4 is 0 Å². The molecular weight excluding hydrogens is 296 g/mol. The predicted octanol–water partition coefficient (Wildman–Crippen LogP) is 5.03. The molecule has 0 saturated carbocycles. The first-order chi connectivity index (χ1) is 10.1. The van der Waals surface area contributed by atoms with Crippen LogP contribution in [0.25, 0.3) is 0 Å². The molecule has 0 spiro atoms. The van der Waals surface area contributed by atoms with Gasteiger partial charge >= 0.3 is 5.97 Å². The van der Waals surface area contributed by atoms with Gasteiger partial charge in [-0.3, -0.25) is 4.79 Å². The first kappa shape index (κ1) is 21.8. The second kappa shape index (κ2) is 10.5. The molecule has 0 aliphatic heterocycles. The van der Waals surface area contributed by atoms with Gasteiger partial charge in [0.15, 0.2) is 0 Å². The highest BCUT2D eigenvalue weighted by molar-refractivity contribution is 7.81. The van der Waals surface area contributed by atoms with Crippen LogP contribution in [0, 0.1) is 5.92 Å². The monoisotopic (exact) mass is 332 g/mol. The van der Waals surface area contributed by atoms with Gasteiger partial charge in [-0.15, -0.1) is 0 Å². The first-order valence-corrected chi connectivity index (χ1v) is 9.09. The molecule has 0 aliphatic rings. The number of carbonyl (C=O) groups is 1. The normalized spacial score (nSPS) is 12.7. The Kier molecular flexibility index (Phi) is 10.4. The molecule has 0 unspecified atom stereocenters. The molecule has 0 radical (unpaired) electrons. The summed E-state index contributed by atoms with van der Waals surface area (Å²) >= 11 is 4.49. The summed E-state index contributed by atoms with van der Waals surface area (Å²) in [6, 6.07) is 0. The Morgan fingerprint density at radius 2 is 1.55 bits per heavy atom. The van der Waals surface area contributed by atoms with Crippen LogP contribution in [0.2, 0.25) is 0 Å². The minimum atomic E-state index is -0.273. The van der Waals surface area contributed by atoms with Crippen molar-refractivity contribution < 1.29 is 14.3 Å². The lowest BCUT2D eigenvalue weighted by molar-refractivity contribution is -0.151. The highest BCUT2D eigenvalue weighted by atomic mass is 32.1. The van der Waals surface area contributed by atoms with E-state index in [-0.39, 0.29) is 22.2 Å². The maximum atomic E-state index is 12.1. The number of thiol groups is 1. The Balaban J connectivity index is 4.06. The van der Waals surface area contributed by atoms with Crippen molar-refractivity contribution in [2.75, 3.05) is 13.2 Å². The Morgan fingerprint density at radius 3 is 2.00 bits per heavy atom. The van der Waals surface area contributed by atoms with Crippen molar-refractivity contribution >= 4 is 18.6 Å². The smallest absolute Gasteiger partial charge is 0.308 e. The third-order valence-electron chi connectivity index (χ3n) is 3.76. The SMILES string of the molecule is CCCC(CCC)C(=O)OCCC(C)(C)OCCC(C)(C)S. The number of carbonyl (C=O) groups excluding carboxylic acids is 1. The third kappa shape index (κ3) is 11.4. The number of esters is 1. The molecule has 0 aliphatic carbocycles. The number of hydrogen-bond donors (Lipinski definition) is 1. The van der Waals surface area contributed by atoms with Gasteiger partial charge in [-0.05, 0) is 33.1 Å². The zero-order valence-corrected chi connectivity index (χ0v) is 16.3. The third-order valence-corrected chi connectivity index (χ3v) is 3.99. The van der Waals surface area contributed by atoms with E-state index in [2.05, 4.69) is 40.3 Å². The van der Waals surface area contributed by atoms with Gasteiger partial charge in [0.25, 0.3) is 0 Å². The molecule has 0 bridgehead atoms. The molecule has 0 aromatic rings. The van der Waals surface area contributed by atoms with E-state index >= 15 is 0 Å². The quantitative estimate of drug-likeness (QED) is 0.402. The molecule has 0 heterocycles. The Bertz CT molecular complexity index is 302. The topological polar surface area (TPSA) is 35.5 Å². The maximum Gasteiger partial charge on any atom is 0.308 e. The van der Waals surface area contributed by atoms with E-state index in [0.717, 1.165) is 38.5 Å². The minimum Gasteiger partial charge on any atom is -0.465 e. The highest BCUT2D eigenvalue weighted by Gasteiger charge is 2.23. The molecule has 0 amide bonds. The molecule has 0 N–H and O–H groups in total. The van der Waals surface area contributed by atoms with Crippen molar-refractivity contribution in [1.82, 2.24) is 0 Å². The van der Waals surface area contributed by atoms with Gasteiger partial charge in [-0.25, -0.2) is 0 Å². The summed E-state index contributed by atoms with van der Waals surface area (Å²) in [5.41, 5.74) is -0.273. The van der Waals surface area contributed by atoms with E-state index < -0.39 is 0 Å². The van der Waals surface area contributed by atoms with Gasteiger partial charge in [-0.2, -0.15) is 12.6 Å². The lowest BCUT2D eigenvalue weighted by Gasteiger charge is -2.27. The summed E-state index contributed by atoms with van der Waals surface area (Å²) < 4.78 is 11.3. The van der Waals surface area contributed by atoms with Crippen molar-refractivity contribution in [3.8, 4) is 0 Å². The molecule has 0 aromatic heterocycles. The summed E-state index contributed by atoms with van der Waals surface area (Å²) in [6.07, 6.45) is 5.50. The summed E-state index contributed by atoms with van der Waals surface area (Å²) in [5.74, 6) is 0.0139. The van der Waals surface area contributed by atoms with E-state index in [1.165, 1.54) is 0 Å². The van der Waals surface area contributed by atoms with Crippen LogP contribution in [0.1, 0.15) is 80.1 Å². The number of ether oxygens (including phenoxy) is 2. The van der Waals surface area contributed by atoms with Gasteiger partial charge in [0, 0.05) is 17.8 Å². The molecule has 0 fully saturated rings. The lowest BCUT2D eigenvalue weighted by atomic mass is 9.98. The van der Waals surface area contributed by atoms with Gasteiger partial charge in [0.05, 0.1) is 18.1 Å². The van der Waals surface area contributed by atoms with Crippen LogP contribution >= 0.6 is 12.6 Å². The lowest BCUT2D eigenvalue weighted by Crippen LogP contribution is -2.30. The molecule has 4 heteroatoms. The molecule has 22 heavy (non-hydrogen) atoms. The van der Waals surface area contributed by atoms with Crippen molar-refractivity contribution in [2.45, 2.75) is 90.4 Å². The summed E-state index contributed by atoms with van der Waals surface area (Å²) in [6.45, 7) is 13.6. The van der Waals surface area contributed by atoms with Crippen molar-refractivity contribution in [1.29, 1.82) is 0 Å². The van der Waals surface area contributed by atoms with Crippen LogP contribution in [-0.4, -0.2) is 29.5 Å². The van der Waals surface area contributed by atoms with Crippen LogP contribution in [0.4, 0.5) is 0 Å². The second-order valence-electron chi connectivity index (χ2n) is 7.36. The molecule has 0 rings (SSSR count). The van der Waals surface area contributed by atoms with Crippen molar-refractivity contribution in [3.05, 3.63) is 0 Å². The van der Waals surface area contributed by atoms with Gasteiger partial charge in [0.1, 0.15) is 0 Å². The first-order valence-electron chi connectivity index (χ1n) is 8.64.